The number of nitro groups is 2. The number of rotatable bonds is 3. The monoisotopic (exact) mass is 489 g/mol. The lowest BCUT2D eigenvalue weighted by Gasteiger charge is -2.27. The van der Waals surface area contributed by atoms with E-state index in [9.17, 15) is 29.8 Å². The molecule has 0 saturated carbocycles. The van der Waals surface area contributed by atoms with Crippen molar-refractivity contribution in [3.63, 3.8) is 0 Å². The summed E-state index contributed by atoms with van der Waals surface area (Å²) >= 11 is 1.99. The van der Waals surface area contributed by atoms with Gasteiger partial charge in [-0.3, -0.25) is 29.8 Å². The molecule has 1 aliphatic rings. The molecule has 0 saturated heterocycles. The Bertz CT molecular complexity index is 1170. The summed E-state index contributed by atoms with van der Waals surface area (Å²) in [6.07, 6.45) is 0. The van der Waals surface area contributed by atoms with Crippen molar-refractivity contribution >= 4 is 62.2 Å². The highest BCUT2D eigenvalue weighted by Gasteiger charge is 2.38. The highest BCUT2D eigenvalue weighted by atomic mass is 127. The van der Waals surface area contributed by atoms with E-state index in [4.69, 9.17) is 0 Å². The second-order valence-electron chi connectivity index (χ2n) is 5.93. The second kappa shape index (κ2) is 6.34. The van der Waals surface area contributed by atoms with Gasteiger partial charge in [0.15, 0.2) is 0 Å². The highest BCUT2D eigenvalue weighted by molar-refractivity contribution is 14.1. The average Bonchev–Trinajstić information content (AvgIpc) is 2.66. The Morgan fingerprint density at radius 3 is 1.71 bits per heavy atom. The topological polar surface area (TPSA) is 124 Å². The third-order valence-corrected chi connectivity index (χ3v) is 5.38. The summed E-state index contributed by atoms with van der Waals surface area (Å²) in [5, 5.41) is 22.4. The number of non-ortho nitro benzene ring substituents is 2. The van der Waals surface area contributed by atoms with E-state index in [1.807, 2.05) is 22.6 Å². The molecule has 1 heterocycles. The number of anilines is 1. The van der Waals surface area contributed by atoms with Crippen molar-refractivity contribution in [1.29, 1.82) is 0 Å². The van der Waals surface area contributed by atoms with Crippen molar-refractivity contribution < 1.29 is 19.4 Å². The molecule has 10 heteroatoms. The molecule has 0 unspecified atom stereocenters. The molecular weight excluding hydrogens is 481 g/mol. The number of para-hydroxylation sites is 1. The van der Waals surface area contributed by atoms with E-state index < -0.39 is 33.0 Å². The van der Waals surface area contributed by atoms with Crippen LogP contribution in [0.1, 0.15) is 20.7 Å². The fourth-order valence-electron chi connectivity index (χ4n) is 3.31. The fraction of sp³-hybridized carbons (Fsp3) is 0. The molecule has 0 N–H and O–H groups in total. The second-order valence-corrected chi connectivity index (χ2v) is 7.09. The molecule has 3 aromatic rings. The molecule has 138 valence electrons. The number of imide groups is 1. The van der Waals surface area contributed by atoms with Gasteiger partial charge in [0.1, 0.15) is 5.39 Å². The molecule has 2 amide bonds. The maximum Gasteiger partial charge on any atom is 0.284 e. The fourth-order valence-corrected chi connectivity index (χ4v) is 3.93. The van der Waals surface area contributed by atoms with Crippen molar-refractivity contribution in [2.24, 2.45) is 0 Å². The molecule has 28 heavy (non-hydrogen) atoms. The summed E-state index contributed by atoms with van der Waals surface area (Å²) in [6, 6.07) is 11.3. The molecule has 0 spiro atoms. The van der Waals surface area contributed by atoms with Crippen LogP contribution in [0.4, 0.5) is 17.1 Å². The van der Waals surface area contributed by atoms with E-state index >= 15 is 0 Å². The van der Waals surface area contributed by atoms with Crippen LogP contribution < -0.4 is 4.90 Å². The lowest BCUT2D eigenvalue weighted by atomic mass is 9.91. The summed E-state index contributed by atoms with van der Waals surface area (Å²) < 4.78 is 0.658. The van der Waals surface area contributed by atoms with Crippen LogP contribution in [-0.2, 0) is 0 Å². The number of carbonyl (C=O) groups excluding carboxylic acids is 2. The van der Waals surface area contributed by atoms with Crippen molar-refractivity contribution in [3.05, 3.63) is 83.5 Å². The standard InChI is InChI=1S/C18H8IN3O6/c19-11-3-1-2-4-12(11)20-17(23)9-5-7-13(21(25)26)16-14(22(27)28)8-6-10(15(9)16)18(20)24/h1-8H. The number of halogens is 1. The van der Waals surface area contributed by atoms with Gasteiger partial charge in [-0.15, -0.1) is 0 Å². The number of nitrogens with zero attached hydrogens (tertiary/aromatic N) is 3. The van der Waals surface area contributed by atoms with Crippen LogP contribution in [0.25, 0.3) is 10.8 Å². The number of hydrogen-bond acceptors (Lipinski definition) is 6. The van der Waals surface area contributed by atoms with Gasteiger partial charge in [0, 0.05) is 32.2 Å². The van der Waals surface area contributed by atoms with E-state index in [1.54, 1.807) is 24.3 Å². The molecule has 0 aliphatic carbocycles. The molecule has 9 nitrogen and oxygen atoms in total. The summed E-state index contributed by atoms with van der Waals surface area (Å²) in [6.45, 7) is 0. The first-order valence-corrected chi connectivity index (χ1v) is 8.92. The van der Waals surface area contributed by atoms with Gasteiger partial charge in [0.2, 0.25) is 0 Å². The minimum Gasteiger partial charge on any atom is -0.268 e. The zero-order valence-electron chi connectivity index (χ0n) is 13.8. The first kappa shape index (κ1) is 18.0. The number of benzene rings is 3. The maximum atomic E-state index is 13.1. The van der Waals surface area contributed by atoms with Gasteiger partial charge in [0.05, 0.1) is 15.5 Å². The van der Waals surface area contributed by atoms with Crippen molar-refractivity contribution in [2.75, 3.05) is 4.90 Å². The van der Waals surface area contributed by atoms with Crippen molar-refractivity contribution in [3.8, 4) is 0 Å². The molecular formula is C18H8IN3O6. The van der Waals surface area contributed by atoms with E-state index in [0.717, 1.165) is 17.0 Å². The quantitative estimate of drug-likeness (QED) is 0.237. The predicted octanol–water partition coefficient (Wildman–Crippen LogP) is 4.06. The Labute approximate surface area is 170 Å². The normalized spacial score (nSPS) is 13.1. The molecule has 0 radical (unpaired) electrons. The van der Waals surface area contributed by atoms with Crippen molar-refractivity contribution in [2.45, 2.75) is 0 Å². The number of hydrogen-bond donors (Lipinski definition) is 0. The lowest BCUT2D eigenvalue weighted by molar-refractivity contribution is -0.390. The van der Waals surface area contributed by atoms with Gasteiger partial charge in [-0.2, -0.15) is 0 Å². The van der Waals surface area contributed by atoms with E-state index in [1.165, 1.54) is 12.1 Å². The van der Waals surface area contributed by atoms with Crippen LogP contribution in [0.2, 0.25) is 0 Å². The molecule has 4 rings (SSSR count). The van der Waals surface area contributed by atoms with Crippen LogP contribution in [0.3, 0.4) is 0 Å². The van der Waals surface area contributed by atoms with Crippen LogP contribution in [0.5, 0.6) is 0 Å². The summed E-state index contributed by atoms with van der Waals surface area (Å²) in [5.41, 5.74) is -0.697. The van der Waals surface area contributed by atoms with Crippen LogP contribution in [0.15, 0.2) is 48.5 Å². The van der Waals surface area contributed by atoms with Crippen LogP contribution in [-0.4, -0.2) is 21.7 Å². The third kappa shape index (κ3) is 2.45. The van der Waals surface area contributed by atoms with Crippen molar-refractivity contribution in [1.82, 2.24) is 0 Å². The molecule has 0 fully saturated rings. The molecule has 0 atom stereocenters. The van der Waals surface area contributed by atoms with E-state index in [-0.39, 0.29) is 21.9 Å². The van der Waals surface area contributed by atoms with Gasteiger partial charge in [0.25, 0.3) is 23.2 Å². The molecule has 0 aromatic heterocycles. The summed E-state index contributed by atoms with van der Waals surface area (Å²) in [4.78, 5) is 48.5. The number of amides is 2. The smallest absolute Gasteiger partial charge is 0.268 e. The summed E-state index contributed by atoms with van der Waals surface area (Å²) in [7, 11) is 0. The first-order valence-electron chi connectivity index (χ1n) is 7.84. The third-order valence-electron chi connectivity index (χ3n) is 4.47. The maximum absolute atomic E-state index is 13.1. The van der Waals surface area contributed by atoms with Gasteiger partial charge in [-0.25, -0.2) is 4.90 Å². The van der Waals surface area contributed by atoms with Gasteiger partial charge in [-0.1, -0.05) is 12.1 Å². The molecule has 3 aromatic carbocycles. The minimum absolute atomic E-state index is 0.00134. The Morgan fingerprint density at radius 2 is 1.25 bits per heavy atom. The lowest BCUT2D eigenvalue weighted by Crippen LogP contribution is -2.41. The van der Waals surface area contributed by atoms with E-state index in [0.29, 0.717) is 9.26 Å². The molecule has 1 aliphatic heterocycles. The zero-order chi connectivity index (χ0) is 20.2. The number of nitro benzene ring substituents is 2. The Hall–Kier alpha value is -3.41. The predicted molar refractivity (Wildman–Crippen MR) is 108 cm³/mol. The van der Waals surface area contributed by atoms with Crippen LogP contribution in [0, 0.1) is 23.8 Å². The Kier molecular flexibility index (Phi) is 4.07. The SMILES string of the molecule is O=C1c2ccc([N+](=O)[O-])c3c([N+](=O)[O-])ccc(c23)C(=O)N1c1ccccc1I. The Balaban J connectivity index is 2.09. The minimum atomic E-state index is -0.767. The highest BCUT2D eigenvalue weighted by Crippen LogP contribution is 2.41. The van der Waals surface area contributed by atoms with Gasteiger partial charge in [-0.05, 0) is 46.9 Å². The summed E-state index contributed by atoms with van der Waals surface area (Å²) in [5.74, 6) is -1.39. The van der Waals surface area contributed by atoms with Crippen LogP contribution >= 0.6 is 22.6 Å². The largest absolute Gasteiger partial charge is 0.284 e. The van der Waals surface area contributed by atoms with E-state index in [2.05, 4.69) is 0 Å². The van der Waals surface area contributed by atoms with Gasteiger partial charge < -0.3 is 0 Å². The molecule has 0 bridgehead atoms. The Morgan fingerprint density at radius 1 is 0.750 bits per heavy atom. The number of carbonyl (C=O) groups is 2. The van der Waals surface area contributed by atoms with Gasteiger partial charge >= 0.3 is 0 Å². The first-order chi connectivity index (χ1) is 13.3. The zero-order valence-corrected chi connectivity index (χ0v) is 15.9. The average molecular weight is 489 g/mol.